The molecule has 1 unspecified atom stereocenters. The molecule has 1 atom stereocenters. The molecule has 3 N–H and O–H groups in total. The topological polar surface area (TPSA) is 105 Å². The Bertz CT molecular complexity index is 1180. The number of fused-ring (bicyclic) bond motifs is 3. The van der Waals surface area contributed by atoms with Crippen LogP contribution in [0.25, 0.3) is 11.1 Å². The van der Waals surface area contributed by atoms with Crippen LogP contribution in [0, 0.1) is 0 Å². The molecule has 0 saturated heterocycles. The highest BCUT2D eigenvalue weighted by Crippen LogP contribution is 2.44. The van der Waals surface area contributed by atoms with Crippen LogP contribution in [0.5, 0.6) is 0 Å². The maximum absolute atomic E-state index is 12.9. The number of rotatable bonds is 7. The van der Waals surface area contributed by atoms with E-state index in [1.165, 1.54) is 13.8 Å². The highest BCUT2D eigenvalue weighted by molar-refractivity contribution is 5.91. The lowest BCUT2D eigenvalue weighted by Gasteiger charge is -2.25. The summed E-state index contributed by atoms with van der Waals surface area (Å²) in [5, 5.41) is 14.4. The molecule has 0 spiro atoms. The Balaban J connectivity index is 1.50. The molecule has 0 fully saturated rings. The van der Waals surface area contributed by atoms with Gasteiger partial charge in [-0.1, -0.05) is 78.9 Å². The van der Waals surface area contributed by atoms with Gasteiger partial charge in [-0.2, -0.15) is 0 Å². The standard InChI is InChI=1S/C27H26N2O5/c1-27(2,25(31)32)29-24(30)23(17-10-4-3-5-11-17)28-26(33)34-16-22-20-14-8-6-12-18(20)19-13-7-9-15-21(19)22/h3-15,22-23H,16H2,1-2H3,(H,28,33)(H,29,30)(H,31,32). The van der Waals surface area contributed by atoms with Crippen LogP contribution in [0.15, 0.2) is 78.9 Å². The first-order valence-electron chi connectivity index (χ1n) is 11.0. The number of nitrogens with one attached hydrogen (secondary N) is 2. The van der Waals surface area contributed by atoms with E-state index in [-0.39, 0.29) is 12.5 Å². The molecule has 0 saturated carbocycles. The molecule has 7 nitrogen and oxygen atoms in total. The average molecular weight is 459 g/mol. The first-order chi connectivity index (χ1) is 16.3. The first-order valence-corrected chi connectivity index (χ1v) is 11.0. The fourth-order valence-corrected chi connectivity index (χ4v) is 4.14. The van der Waals surface area contributed by atoms with Gasteiger partial charge >= 0.3 is 12.1 Å². The molecule has 0 bridgehead atoms. The third kappa shape index (κ3) is 4.64. The van der Waals surface area contributed by atoms with Crippen LogP contribution < -0.4 is 10.6 Å². The largest absolute Gasteiger partial charge is 0.480 e. The van der Waals surface area contributed by atoms with Crippen LogP contribution in [-0.2, 0) is 14.3 Å². The van der Waals surface area contributed by atoms with E-state index in [0.717, 1.165) is 22.3 Å². The van der Waals surface area contributed by atoms with Gasteiger partial charge in [0.25, 0.3) is 0 Å². The van der Waals surface area contributed by atoms with Gasteiger partial charge in [-0.05, 0) is 41.7 Å². The Labute approximate surface area is 197 Å². The Morgan fingerprint density at radius 3 is 1.97 bits per heavy atom. The Morgan fingerprint density at radius 1 is 0.882 bits per heavy atom. The van der Waals surface area contributed by atoms with Crippen molar-refractivity contribution in [2.45, 2.75) is 31.3 Å². The van der Waals surface area contributed by atoms with Gasteiger partial charge in [-0.15, -0.1) is 0 Å². The van der Waals surface area contributed by atoms with Crippen molar-refractivity contribution in [1.29, 1.82) is 0 Å². The van der Waals surface area contributed by atoms with Crippen LogP contribution in [-0.4, -0.2) is 35.2 Å². The van der Waals surface area contributed by atoms with Gasteiger partial charge in [0.05, 0.1) is 0 Å². The van der Waals surface area contributed by atoms with Crippen LogP contribution in [0.1, 0.15) is 42.5 Å². The minimum Gasteiger partial charge on any atom is -0.480 e. The fraction of sp³-hybridized carbons (Fsp3) is 0.222. The minimum atomic E-state index is -1.51. The number of alkyl carbamates (subject to hydrolysis) is 1. The molecular formula is C27H26N2O5. The van der Waals surface area contributed by atoms with E-state index in [1.807, 2.05) is 48.5 Å². The summed E-state index contributed by atoms with van der Waals surface area (Å²) < 4.78 is 5.57. The zero-order chi connectivity index (χ0) is 24.3. The molecule has 3 aromatic rings. The minimum absolute atomic E-state index is 0.101. The van der Waals surface area contributed by atoms with Gasteiger partial charge in [-0.25, -0.2) is 9.59 Å². The fourth-order valence-electron chi connectivity index (χ4n) is 4.14. The van der Waals surface area contributed by atoms with Crippen molar-refractivity contribution in [3.05, 3.63) is 95.6 Å². The van der Waals surface area contributed by atoms with Gasteiger partial charge in [0.2, 0.25) is 5.91 Å². The average Bonchev–Trinajstić information content (AvgIpc) is 3.15. The molecular weight excluding hydrogens is 432 g/mol. The van der Waals surface area contributed by atoms with E-state index in [0.29, 0.717) is 5.56 Å². The summed E-state index contributed by atoms with van der Waals surface area (Å²) in [6.07, 6.45) is -0.765. The van der Waals surface area contributed by atoms with Crippen LogP contribution in [0.4, 0.5) is 4.79 Å². The third-order valence-corrected chi connectivity index (χ3v) is 5.97. The molecule has 1 aliphatic carbocycles. The van der Waals surface area contributed by atoms with E-state index < -0.39 is 29.6 Å². The number of benzene rings is 3. The van der Waals surface area contributed by atoms with Crippen molar-refractivity contribution < 1.29 is 24.2 Å². The summed E-state index contributed by atoms with van der Waals surface area (Å²) in [4.78, 5) is 37.2. The molecule has 3 aromatic carbocycles. The molecule has 174 valence electrons. The van der Waals surface area contributed by atoms with Gasteiger partial charge in [0.1, 0.15) is 18.2 Å². The Hall–Kier alpha value is -4.13. The summed E-state index contributed by atoms with van der Waals surface area (Å²) in [6.45, 7) is 2.86. The monoisotopic (exact) mass is 458 g/mol. The van der Waals surface area contributed by atoms with E-state index in [4.69, 9.17) is 4.74 Å². The summed E-state index contributed by atoms with van der Waals surface area (Å²) in [7, 11) is 0. The number of hydrogen-bond acceptors (Lipinski definition) is 4. The lowest BCUT2D eigenvalue weighted by atomic mass is 9.98. The summed E-state index contributed by atoms with van der Waals surface area (Å²) in [5.74, 6) is -1.95. The number of carboxylic acid groups (broad SMARTS) is 1. The second-order valence-corrected chi connectivity index (χ2v) is 8.73. The molecule has 1 aliphatic rings. The van der Waals surface area contributed by atoms with Crippen LogP contribution in [0.3, 0.4) is 0 Å². The molecule has 0 radical (unpaired) electrons. The normalized spacial score (nSPS) is 13.4. The number of hydrogen-bond donors (Lipinski definition) is 3. The SMILES string of the molecule is CC(C)(NC(=O)C(NC(=O)OCC1c2ccccc2-c2ccccc21)c1ccccc1)C(=O)O. The highest BCUT2D eigenvalue weighted by atomic mass is 16.5. The molecule has 0 aromatic heterocycles. The first kappa shape index (κ1) is 23.0. The van der Waals surface area contributed by atoms with Crippen molar-refractivity contribution in [2.75, 3.05) is 6.61 Å². The predicted molar refractivity (Wildman–Crippen MR) is 127 cm³/mol. The van der Waals surface area contributed by atoms with E-state index >= 15 is 0 Å². The third-order valence-electron chi connectivity index (χ3n) is 5.97. The highest BCUT2D eigenvalue weighted by Gasteiger charge is 2.34. The number of amides is 2. The summed E-state index contributed by atoms with van der Waals surface area (Å²) >= 11 is 0. The quantitative estimate of drug-likeness (QED) is 0.491. The predicted octanol–water partition coefficient (Wildman–Crippen LogP) is 4.25. The summed E-state index contributed by atoms with van der Waals surface area (Å²) in [6, 6.07) is 23.5. The number of aliphatic carboxylic acids is 1. The molecule has 0 heterocycles. The van der Waals surface area contributed by atoms with Crippen molar-refractivity contribution in [2.24, 2.45) is 0 Å². The number of carboxylic acids is 1. The molecule has 2 amide bonds. The van der Waals surface area contributed by atoms with Crippen LogP contribution in [0.2, 0.25) is 0 Å². The van der Waals surface area contributed by atoms with E-state index in [2.05, 4.69) is 10.6 Å². The summed E-state index contributed by atoms with van der Waals surface area (Å²) in [5.41, 5.74) is 3.39. The van der Waals surface area contributed by atoms with Crippen molar-refractivity contribution >= 4 is 18.0 Å². The second-order valence-electron chi connectivity index (χ2n) is 8.73. The maximum atomic E-state index is 12.9. The molecule has 7 heteroatoms. The molecule has 34 heavy (non-hydrogen) atoms. The van der Waals surface area contributed by atoms with Gasteiger partial charge < -0.3 is 20.5 Å². The lowest BCUT2D eigenvalue weighted by Crippen LogP contribution is -2.53. The van der Waals surface area contributed by atoms with Crippen molar-refractivity contribution in [3.8, 4) is 11.1 Å². The molecule has 0 aliphatic heterocycles. The number of carbonyl (C=O) groups excluding carboxylic acids is 2. The second kappa shape index (κ2) is 9.39. The Kier molecular flexibility index (Phi) is 6.36. The Morgan fingerprint density at radius 2 is 1.41 bits per heavy atom. The zero-order valence-corrected chi connectivity index (χ0v) is 18.9. The number of carbonyl (C=O) groups is 3. The lowest BCUT2D eigenvalue weighted by molar-refractivity contribution is -0.146. The van der Waals surface area contributed by atoms with E-state index in [1.54, 1.807) is 30.3 Å². The maximum Gasteiger partial charge on any atom is 0.408 e. The van der Waals surface area contributed by atoms with Gasteiger partial charge in [0.15, 0.2) is 0 Å². The van der Waals surface area contributed by atoms with Gasteiger partial charge in [0, 0.05) is 5.92 Å². The zero-order valence-electron chi connectivity index (χ0n) is 18.9. The van der Waals surface area contributed by atoms with Gasteiger partial charge in [-0.3, -0.25) is 4.79 Å². The smallest absolute Gasteiger partial charge is 0.408 e. The number of ether oxygens (including phenoxy) is 1. The van der Waals surface area contributed by atoms with Crippen LogP contribution >= 0.6 is 0 Å². The van der Waals surface area contributed by atoms with Crippen molar-refractivity contribution in [1.82, 2.24) is 10.6 Å². The van der Waals surface area contributed by atoms with Crippen molar-refractivity contribution in [3.63, 3.8) is 0 Å². The van der Waals surface area contributed by atoms with E-state index in [9.17, 15) is 19.5 Å². The molecule has 4 rings (SSSR count).